The van der Waals surface area contributed by atoms with Gasteiger partial charge in [-0.1, -0.05) is 29.4 Å². The highest BCUT2D eigenvalue weighted by molar-refractivity contribution is 7.99. The van der Waals surface area contributed by atoms with Crippen molar-refractivity contribution >= 4 is 41.3 Å². The SMILES string of the molecule is O=C(O)C1CCCCN1C(=O)/C=C/c1ccc(Sc2ccc3c(c2)OCCO3)c(Cl)c1. The van der Waals surface area contributed by atoms with E-state index in [1.807, 2.05) is 30.3 Å². The van der Waals surface area contributed by atoms with Crippen LogP contribution in [0.4, 0.5) is 0 Å². The summed E-state index contributed by atoms with van der Waals surface area (Å²) in [5, 5.41) is 9.91. The number of carboxylic acids is 1. The lowest BCUT2D eigenvalue weighted by molar-refractivity contribution is -0.150. The minimum atomic E-state index is -0.954. The molecule has 0 aromatic heterocycles. The molecule has 1 fully saturated rings. The van der Waals surface area contributed by atoms with Crippen LogP contribution in [-0.4, -0.2) is 47.7 Å². The van der Waals surface area contributed by atoms with Crippen LogP contribution < -0.4 is 9.47 Å². The second kappa shape index (κ2) is 9.66. The second-order valence-electron chi connectivity index (χ2n) is 7.31. The molecule has 162 valence electrons. The van der Waals surface area contributed by atoms with E-state index in [9.17, 15) is 14.7 Å². The molecular weight excluding hydrogens is 438 g/mol. The van der Waals surface area contributed by atoms with Crippen LogP contribution >= 0.6 is 23.4 Å². The van der Waals surface area contributed by atoms with Crippen LogP contribution in [0.5, 0.6) is 11.5 Å². The van der Waals surface area contributed by atoms with Crippen molar-refractivity contribution in [3.8, 4) is 11.5 Å². The molecule has 2 aliphatic rings. The monoisotopic (exact) mass is 459 g/mol. The van der Waals surface area contributed by atoms with Crippen LogP contribution in [0.2, 0.25) is 5.02 Å². The lowest BCUT2D eigenvalue weighted by Crippen LogP contribution is -2.47. The number of nitrogens with zero attached hydrogens (tertiary/aromatic N) is 1. The van der Waals surface area contributed by atoms with Gasteiger partial charge in [0.2, 0.25) is 5.91 Å². The molecule has 1 saturated heterocycles. The van der Waals surface area contributed by atoms with Gasteiger partial charge in [0.25, 0.3) is 0 Å². The molecule has 4 rings (SSSR count). The highest BCUT2D eigenvalue weighted by Gasteiger charge is 2.30. The van der Waals surface area contributed by atoms with E-state index in [4.69, 9.17) is 21.1 Å². The quantitative estimate of drug-likeness (QED) is 0.651. The Morgan fingerprint density at radius 2 is 1.90 bits per heavy atom. The predicted octanol–water partition coefficient (Wildman–Crippen LogP) is 4.74. The molecule has 6 nitrogen and oxygen atoms in total. The largest absolute Gasteiger partial charge is 0.486 e. The summed E-state index contributed by atoms with van der Waals surface area (Å²) in [4.78, 5) is 27.2. The van der Waals surface area contributed by atoms with Gasteiger partial charge in [0.05, 0.1) is 5.02 Å². The number of carbonyl (C=O) groups is 2. The number of benzene rings is 2. The molecule has 0 spiro atoms. The number of halogens is 1. The molecule has 2 aliphatic heterocycles. The standard InChI is InChI=1S/C23H22ClNO5S/c24-17-13-15(5-9-22(26)25-10-2-1-3-18(25)23(27)28)4-8-21(17)31-16-6-7-19-20(14-16)30-12-11-29-19/h4-9,13-14,18H,1-3,10-12H2,(H,27,28)/b9-5+. The first-order valence-corrected chi connectivity index (χ1v) is 11.3. The van der Waals surface area contributed by atoms with Crippen LogP contribution in [0.15, 0.2) is 52.3 Å². The average Bonchev–Trinajstić information content (AvgIpc) is 2.79. The summed E-state index contributed by atoms with van der Waals surface area (Å²) in [5.74, 6) is 0.219. The molecule has 31 heavy (non-hydrogen) atoms. The molecule has 2 aromatic carbocycles. The number of piperidine rings is 1. The van der Waals surface area contributed by atoms with Crippen molar-refractivity contribution in [1.82, 2.24) is 4.90 Å². The van der Waals surface area contributed by atoms with Crippen molar-refractivity contribution < 1.29 is 24.2 Å². The molecular formula is C23H22ClNO5S. The smallest absolute Gasteiger partial charge is 0.326 e. The number of hydrogen-bond donors (Lipinski definition) is 1. The van der Waals surface area contributed by atoms with E-state index < -0.39 is 12.0 Å². The molecule has 1 amide bonds. The number of likely N-dealkylation sites (tertiary alicyclic amines) is 1. The number of ether oxygens (including phenoxy) is 2. The third-order valence-electron chi connectivity index (χ3n) is 5.19. The summed E-state index contributed by atoms with van der Waals surface area (Å²) in [7, 11) is 0. The van der Waals surface area contributed by atoms with Crippen LogP contribution in [-0.2, 0) is 9.59 Å². The van der Waals surface area contributed by atoms with Gasteiger partial charge in [-0.3, -0.25) is 4.79 Å². The Bertz CT molecular complexity index is 1030. The lowest BCUT2D eigenvalue weighted by atomic mass is 10.0. The summed E-state index contributed by atoms with van der Waals surface area (Å²) in [6, 6.07) is 10.6. The van der Waals surface area contributed by atoms with Gasteiger partial charge in [-0.25, -0.2) is 4.79 Å². The molecule has 0 aliphatic carbocycles. The van der Waals surface area contributed by atoms with Crippen molar-refractivity contribution in [1.29, 1.82) is 0 Å². The third kappa shape index (κ3) is 5.17. The molecule has 1 unspecified atom stereocenters. The van der Waals surface area contributed by atoms with Crippen molar-refractivity contribution in [2.24, 2.45) is 0 Å². The summed E-state index contributed by atoms with van der Waals surface area (Å²) in [5.41, 5.74) is 0.772. The van der Waals surface area contributed by atoms with Gasteiger partial charge in [0.1, 0.15) is 19.3 Å². The fraction of sp³-hybridized carbons (Fsp3) is 0.304. The van der Waals surface area contributed by atoms with Crippen molar-refractivity contribution in [2.75, 3.05) is 19.8 Å². The molecule has 0 saturated carbocycles. The number of carboxylic acid groups (broad SMARTS) is 1. The van der Waals surface area contributed by atoms with E-state index in [-0.39, 0.29) is 5.91 Å². The Hall–Kier alpha value is -2.64. The van der Waals surface area contributed by atoms with Crippen LogP contribution in [0.1, 0.15) is 24.8 Å². The predicted molar refractivity (Wildman–Crippen MR) is 119 cm³/mol. The van der Waals surface area contributed by atoms with E-state index >= 15 is 0 Å². The van der Waals surface area contributed by atoms with E-state index in [1.54, 1.807) is 12.1 Å². The Kier molecular flexibility index (Phi) is 6.73. The van der Waals surface area contributed by atoms with Gasteiger partial charge >= 0.3 is 5.97 Å². The maximum Gasteiger partial charge on any atom is 0.326 e. The number of rotatable bonds is 5. The fourth-order valence-electron chi connectivity index (χ4n) is 3.63. The normalized spacial score (nSPS) is 18.2. The molecule has 2 aromatic rings. The second-order valence-corrected chi connectivity index (χ2v) is 8.83. The van der Waals surface area contributed by atoms with E-state index in [0.717, 1.165) is 39.7 Å². The highest BCUT2D eigenvalue weighted by Crippen LogP contribution is 2.39. The maximum absolute atomic E-state index is 12.5. The number of carbonyl (C=O) groups excluding carboxylic acids is 1. The number of fused-ring (bicyclic) bond motifs is 1. The lowest BCUT2D eigenvalue weighted by Gasteiger charge is -2.32. The number of hydrogen-bond acceptors (Lipinski definition) is 5. The van der Waals surface area contributed by atoms with Crippen LogP contribution in [0.25, 0.3) is 6.08 Å². The minimum absolute atomic E-state index is 0.294. The molecule has 0 radical (unpaired) electrons. The minimum Gasteiger partial charge on any atom is -0.486 e. The van der Waals surface area contributed by atoms with Gasteiger partial charge in [-0.05, 0) is 61.2 Å². The van der Waals surface area contributed by atoms with E-state index in [0.29, 0.717) is 31.2 Å². The molecule has 1 N–H and O–H groups in total. The van der Waals surface area contributed by atoms with Gasteiger partial charge in [0, 0.05) is 22.4 Å². The molecule has 1 atom stereocenters. The summed E-state index contributed by atoms with van der Waals surface area (Å²) < 4.78 is 11.2. The summed E-state index contributed by atoms with van der Waals surface area (Å²) in [6.45, 7) is 1.55. The first-order valence-electron chi connectivity index (χ1n) is 10.1. The number of aliphatic carboxylic acids is 1. The van der Waals surface area contributed by atoms with Gasteiger partial charge in [-0.2, -0.15) is 0 Å². The Balaban J connectivity index is 1.43. The Morgan fingerprint density at radius 3 is 2.68 bits per heavy atom. The fourth-order valence-corrected chi connectivity index (χ4v) is 4.79. The topological polar surface area (TPSA) is 76.1 Å². The zero-order chi connectivity index (χ0) is 21.8. The summed E-state index contributed by atoms with van der Waals surface area (Å²) >= 11 is 7.98. The third-order valence-corrected chi connectivity index (χ3v) is 6.68. The zero-order valence-corrected chi connectivity index (χ0v) is 18.3. The first kappa shape index (κ1) is 21.6. The Morgan fingerprint density at radius 1 is 1.10 bits per heavy atom. The molecule has 2 heterocycles. The molecule has 0 bridgehead atoms. The van der Waals surface area contributed by atoms with Crippen LogP contribution in [0, 0.1) is 0 Å². The van der Waals surface area contributed by atoms with Crippen molar-refractivity contribution in [3.05, 3.63) is 53.1 Å². The zero-order valence-electron chi connectivity index (χ0n) is 16.8. The Labute approximate surface area is 189 Å². The maximum atomic E-state index is 12.5. The highest BCUT2D eigenvalue weighted by atomic mass is 35.5. The van der Waals surface area contributed by atoms with Gasteiger partial charge < -0.3 is 19.5 Å². The average molecular weight is 460 g/mol. The van der Waals surface area contributed by atoms with Crippen molar-refractivity contribution in [2.45, 2.75) is 35.1 Å². The molecule has 8 heteroatoms. The van der Waals surface area contributed by atoms with Gasteiger partial charge in [-0.15, -0.1) is 0 Å². The van der Waals surface area contributed by atoms with Crippen molar-refractivity contribution in [3.63, 3.8) is 0 Å². The number of amides is 1. The van der Waals surface area contributed by atoms with Crippen LogP contribution in [0.3, 0.4) is 0 Å². The van der Waals surface area contributed by atoms with E-state index in [2.05, 4.69) is 0 Å². The first-order chi connectivity index (χ1) is 15.0. The van der Waals surface area contributed by atoms with Gasteiger partial charge in [0.15, 0.2) is 11.5 Å². The summed E-state index contributed by atoms with van der Waals surface area (Å²) in [6.07, 6.45) is 5.22. The van der Waals surface area contributed by atoms with E-state index in [1.165, 1.54) is 22.7 Å².